The first-order valence-corrected chi connectivity index (χ1v) is 10.9. The number of esters is 1. The van der Waals surface area contributed by atoms with E-state index < -0.39 is 22.3 Å². The molecule has 0 aliphatic carbocycles. The lowest BCUT2D eigenvalue weighted by molar-refractivity contribution is -0.140. The second kappa shape index (κ2) is 7.05. The standard InChI is InChI=1S/C18H13Br2NO5S/c19-12-8-14-16-13(18(22)25-10-11-4-2-1-3-5-11)6-7-21(16)27(23,24)26-17(14)15(20)9-12/h1-6,8-9,16H,7,10H2. The van der Waals surface area contributed by atoms with E-state index in [9.17, 15) is 13.2 Å². The molecule has 0 saturated carbocycles. The van der Waals surface area contributed by atoms with Crippen LogP contribution in [0.5, 0.6) is 5.75 Å². The Hall–Kier alpha value is -1.68. The molecule has 1 unspecified atom stereocenters. The normalized spacial score (nSPS) is 20.2. The fraction of sp³-hybridized carbons (Fsp3) is 0.167. The Morgan fingerprint density at radius 3 is 2.70 bits per heavy atom. The molecular weight excluding hydrogens is 502 g/mol. The average molecular weight is 515 g/mol. The van der Waals surface area contributed by atoms with Gasteiger partial charge in [-0.1, -0.05) is 52.3 Å². The molecule has 27 heavy (non-hydrogen) atoms. The Kier molecular flexibility index (Phi) is 4.87. The Labute approximate surface area is 173 Å². The number of nitrogens with zero attached hydrogens (tertiary/aromatic N) is 1. The van der Waals surface area contributed by atoms with E-state index >= 15 is 0 Å². The molecule has 0 bridgehead atoms. The van der Waals surface area contributed by atoms with Gasteiger partial charge in [0.2, 0.25) is 0 Å². The van der Waals surface area contributed by atoms with Crippen LogP contribution in [-0.2, 0) is 26.4 Å². The van der Waals surface area contributed by atoms with Crippen LogP contribution in [0.3, 0.4) is 0 Å². The maximum Gasteiger partial charge on any atom is 0.386 e. The third-order valence-electron chi connectivity index (χ3n) is 4.33. The monoisotopic (exact) mass is 513 g/mol. The Bertz CT molecular complexity index is 1050. The lowest BCUT2D eigenvalue weighted by atomic mass is 10.00. The van der Waals surface area contributed by atoms with Crippen molar-refractivity contribution in [2.45, 2.75) is 12.6 Å². The minimum Gasteiger partial charge on any atom is -0.457 e. The van der Waals surface area contributed by atoms with Gasteiger partial charge in [-0.3, -0.25) is 0 Å². The fourth-order valence-electron chi connectivity index (χ4n) is 3.13. The molecule has 2 aliphatic rings. The van der Waals surface area contributed by atoms with E-state index in [1.54, 1.807) is 18.2 Å². The predicted molar refractivity (Wildman–Crippen MR) is 105 cm³/mol. The summed E-state index contributed by atoms with van der Waals surface area (Å²) in [5.41, 5.74) is 1.71. The van der Waals surface area contributed by atoms with E-state index in [0.717, 1.165) is 14.3 Å². The largest absolute Gasteiger partial charge is 0.457 e. The summed E-state index contributed by atoms with van der Waals surface area (Å²) in [4.78, 5) is 12.7. The molecular formula is C18H13Br2NO5S. The van der Waals surface area contributed by atoms with Gasteiger partial charge >= 0.3 is 16.3 Å². The summed E-state index contributed by atoms with van der Waals surface area (Å²) in [5.74, 6) is -0.367. The van der Waals surface area contributed by atoms with E-state index in [0.29, 0.717) is 10.0 Å². The number of carbonyl (C=O) groups is 1. The maximum atomic E-state index is 12.7. The number of halogens is 2. The third-order valence-corrected chi connectivity index (χ3v) is 6.69. The molecule has 4 rings (SSSR count). The first kappa shape index (κ1) is 18.7. The van der Waals surface area contributed by atoms with Crippen LogP contribution in [0.4, 0.5) is 0 Å². The number of rotatable bonds is 3. The molecule has 2 aliphatic heterocycles. The first-order valence-electron chi connectivity index (χ1n) is 7.98. The molecule has 2 aromatic rings. The van der Waals surface area contributed by atoms with Crippen molar-refractivity contribution in [1.29, 1.82) is 0 Å². The van der Waals surface area contributed by atoms with Gasteiger partial charge < -0.3 is 8.92 Å². The minimum atomic E-state index is -4.01. The highest BCUT2D eigenvalue weighted by atomic mass is 79.9. The molecule has 0 N–H and O–H groups in total. The molecule has 6 nitrogen and oxygen atoms in total. The molecule has 9 heteroatoms. The van der Waals surface area contributed by atoms with Gasteiger partial charge in [0.15, 0.2) is 5.75 Å². The molecule has 140 valence electrons. The molecule has 0 aromatic heterocycles. The smallest absolute Gasteiger partial charge is 0.386 e. The van der Waals surface area contributed by atoms with Gasteiger partial charge in [-0.2, -0.15) is 12.7 Å². The minimum absolute atomic E-state index is 0.0480. The van der Waals surface area contributed by atoms with Gasteiger partial charge in [-0.05, 0) is 33.6 Å². The van der Waals surface area contributed by atoms with Crippen LogP contribution < -0.4 is 4.18 Å². The Balaban J connectivity index is 1.67. The van der Waals surface area contributed by atoms with Gasteiger partial charge in [-0.15, -0.1) is 0 Å². The number of carbonyl (C=O) groups excluding carboxylic acids is 1. The molecule has 1 atom stereocenters. The molecule has 0 spiro atoms. The fourth-order valence-corrected chi connectivity index (χ4v) is 5.81. The number of hydrogen-bond donors (Lipinski definition) is 0. The maximum absolute atomic E-state index is 12.7. The lowest BCUT2D eigenvalue weighted by Crippen LogP contribution is -2.40. The SMILES string of the molecule is O=C(OCc1ccccc1)C1=CCN2C1c1cc(Br)cc(Br)c1OS2(=O)=O. The van der Waals surface area contributed by atoms with Crippen LogP contribution >= 0.6 is 31.9 Å². The zero-order valence-electron chi connectivity index (χ0n) is 13.8. The highest BCUT2D eigenvalue weighted by molar-refractivity contribution is 9.11. The van der Waals surface area contributed by atoms with Crippen LogP contribution in [0.2, 0.25) is 0 Å². The zero-order chi connectivity index (χ0) is 19.2. The molecule has 0 fully saturated rings. The van der Waals surface area contributed by atoms with Crippen LogP contribution in [0.15, 0.2) is 63.1 Å². The van der Waals surface area contributed by atoms with Crippen molar-refractivity contribution in [2.75, 3.05) is 6.54 Å². The van der Waals surface area contributed by atoms with Crippen molar-refractivity contribution < 1.29 is 22.1 Å². The second-order valence-corrected chi connectivity index (χ2v) is 9.30. The Morgan fingerprint density at radius 1 is 1.22 bits per heavy atom. The van der Waals surface area contributed by atoms with E-state index in [-0.39, 0.29) is 24.5 Å². The van der Waals surface area contributed by atoms with Crippen molar-refractivity contribution in [2.24, 2.45) is 0 Å². The molecule has 0 amide bonds. The van der Waals surface area contributed by atoms with E-state index in [1.165, 1.54) is 0 Å². The van der Waals surface area contributed by atoms with Gasteiger partial charge in [0.25, 0.3) is 0 Å². The van der Waals surface area contributed by atoms with Gasteiger partial charge in [-0.25, -0.2) is 4.79 Å². The van der Waals surface area contributed by atoms with E-state index in [1.807, 2.05) is 30.3 Å². The van der Waals surface area contributed by atoms with Crippen LogP contribution in [0.1, 0.15) is 17.2 Å². The first-order chi connectivity index (χ1) is 12.9. The summed E-state index contributed by atoms with van der Waals surface area (Å²) < 4.78 is 38.0. The highest BCUT2D eigenvalue weighted by Crippen LogP contribution is 2.48. The van der Waals surface area contributed by atoms with Crippen molar-refractivity contribution in [3.8, 4) is 5.75 Å². The van der Waals surface area contributed by atoms with Crippen molar-refractivity contribution in [1.82, 2.24) is 4.31 Å². The average Bonchev–Trinajstić information content (AvgIpc) is 3.08. The molecule has 2 heterocycles. The summed E-state index contributed by atoms with van der Waals surface area (Å²) in [5, 5.41) is 0. The summed E-state index contributed by atoms with van der Waals surface area (Å²) >= 11 is 6.72. The summed E-state index contributed by atoms with van der Waals surface area (Å²) in [6.07, 6.45) is 1.57. The third kappa shape index (κ3) is 3.44. The van der Waals surface area contributed by atoms with Crippen molar-refractivity contribution in [3.05, 3.63) is 74.2 Å². The zero-order valence-corrected chi connectivity index (χ0v) is 17.8. The van der Waals surface area contributed by atoms with Gasteiger partial charge in [0.05, 0.1) is 16.1 Å². The number of benzene rings is 2. The second-order valence-electron chi connectivity index (χ2n) is 6.04. The van der Waals surface area contributed by atoms with Crippen LogP contribution in [0.25, 0.3) is 0 Å². The summed E-state index contributed by atoms with van der Waals surface area (Å²) in [6.45, 7) is 0.161. The van der Waals surface area contributed by atoms with Gasteiger partial charge in [0, 0.05) is 16.6 Å². The quantitative estimate of drug-likeness (QED) is 0.581. The molecule has 0 radical (unpaired) electrons. The predicted octanol–water partition coefficient (Wildman–Crippen LogP) is 3.88. The topological polar surface area (TPSA) is 72.9 Å². The molecule has 2 aromatic carbocycles. The van der Waals surface area contributed by atoms with E-state index in [4.69, 9.17) is 8.92 Å². The summed E-state index contributed by atoms with van der Waals surface area (Å²) in [6, 6.07) is 12.0. The summed E-state index contributed by atoms with van der Waals surface area (Å²) in [7, 11) is -4.01. The number of fused-ring (bicyclic) bond motifs is 3. The van der Waals surface area contributed by atoms with Crippen molar-refractivity contribution in [3.63, 3.8) is 0 Å². The number of ether oxygens (including phenoxy) is 1. The molecule has 0 saturated heterocycles. The highest BCUT2D eigenvalue weighted by Gasteiger charge is 2.47. The lowest BCUT2D eigenvalue weighted by Gasteiger charge is -2.32. The Morgan fingerprint density at radius 2 is 1.96 bits per heavy atom. The number of hydrogen-bond acceptors (Lipinski definition) is 5. The van der Waals surface area contributed by atoms with Crippen LogP contribution in [-0.4, -0.2) is 25.2 Å². The van der Waals surface area contributed by atoms with Crippen LogP contribution in [0, 0.1) is 0 Å². The van der Waals surface area contributed by atoms with Crippen molar-refractivity contribution >= 4 is 48.1 Å². The van der Waals surface area contributed by atoms with Gasteiger partial charge in [0.1, 0.15) is 6.61 Å². The van der Waals surface area contributed by atoms with E-state index in [2.05, 4.69) is 31.9 Å².